The van der Waals surface area contributed by atoms with Gasteiger partial charge >= 0.3 is 23.9 Å². The Morgan fingerprint density at radius 3 is 1.13 bits per heavy atom. The second-order valence-electron chi connectivity index (χ2n) is 16.0. The SMILES string of the molecule is C=CC(=O)OCC(COCc1cn(COC(=O)C(C)(C)C)nn1)(COCc1cn(COC(=O)C(C)(C)C)nn1)COCc1cn(COC(=O)C(C)(C)C)nn1. The van der Waals surface area contributed by atoms with Crippen LogP contribution < -0.4 is 0 Å². The largest absolute Gasteiger partial charge is 0.462 e. The number of carbonyl (C=O) groups excluding carboxylic acids is 4. The molecule has 20 nitrogen and oxygen atoms in total. The minimum atomic E-state index is -1.09. The molecule has 0 saturated carbocycles. The van der Waals surface area contributed by atoms with E-state index >= 15 is 0 Å². The van der Waals surface area contributed by atoms with Crippen molar-refractivity contribution >= 4 is 23.9 Å². The number of hydrogen-bond acceptors (Lipinski definition) is 17. The Kier molecular flexibility index (Phi) is 15.7. The number of nitrogens with zero attached hydrogens (tertiary/aromatic N) is 9. The smallest absolute Gasteiger partial charge is 0.330 e. The summed E-state index contributed by atoms with van der Waals surface area (Å²) in [5, 5.41) is 24.2. The average Bonchev–Trinajstić information content (AvgIpc) is 3.88. The van der Waals surface area contributed by atoms with Crippen molar-refractivity contribution in [1.82, 2.24) is 45.0 Å². The first-order valence-corrected chi connectivity index (χ1v) is 17.4. The first kappa shape index (κ1) is 44.3. The zero-order valence-corrected chi connectivity index (χ0v) is 33.1. The molecule has 55 heavy (non-hydrogen) atoms. The van der Waals surface area contributed by atoms with Crippen molar-refractivity contribution < 1.29 is 52.3 Å². The van der Waals surface area contributed by atoms with Gasteiger partial charge in [-0.3, -0.25) is 14.4 Å². The van der Waals surface area contributed by atoms with Gasteiger partial charge in [-0.2, -0.15) is 0 Å². The quantitative estimate of drug-likeness (QED) is 0.0861. The lowest BCUT2D eigenvalue weighted by atomic mass is 9.92. The van der Waals surface area contributed by atoms with Gasteiger partial charge in [-0.1, -0.05) is 22.2 Å². The summed E-state index contributed by atoms with van der Waals surface area (Å²) in [5.41, 5.74) is -1.79. The van der Waals surface area contributed by atoms with Crippen molar-refractivity contribution in [3.8, 4) is 0 Å². The van der Waals surface area contributed by atoms with Gasteiger partial charge in [-0.25, -0.2) is 18.8 Å². The molecule has 0 aliphatic rings. The number of esters is 4. The molecule has 0 saturated heterocycles. The Morgan fingerprint density at radius 2 is 0.855 bits per heavy atom. The van der Waals surface area contributed by atoms with E-state index in [9.17, 15) is 19.2 Å². The van der Waals surface area contributed by atoms with Crippen molar-refractivity contribution in [3.05, 3.63) is 48.3 Å². The van der Waals surface area contributed by atoms with Gasteiger partial charge in [0.15, 0.2) is 20.2 Å². The fraction of sp³-hybridized carbons (Fsp3) is 0.657. The van der Waals surface area contributed by atoms with Gasteiger partial charge in [0.1, 0.15) is 23.7 Å². The molecule has 0 N–H and O–H groups in total. The highest BCUT2D eigenvalue weighted by atomic mass is 16.6. The second-order valence-corrected chi connectivity index (χ2v) is 16.0. The molecule has 0 radical (unpaired) electrons. The number of rotatable bonds is 21. The fourth-order valence-electron chi connectivity index (χ4n) is 4.08. The van der Waals surface area contributed by atoms with Crippen LogP contribution >= 0.6 is 0 Å². The van der Waals surface area contributed by atoms with Crippen LogP contribution in [0.25, 0.3) is 0 Å². The minimum absolute atomic E-state index is 0.00635. The highest BCUT2D eigenvalue weighted by molar-refractivity contribution is 5.81. The van der Waals surface area contributed by atoms with Crippen molar-refractivity contribution in [3.63, 3.8) is 0 Å². The van der Waals surface area contributed by atoms with Gasteiger partial charge in [-0.15, -0.1) is 15.3 Å². The first-order valence-electron chi connectivity index (χ1n) is 17.4. The summed E-state index contributed by atoms with van der Waals surface area (Å²) in [6, 6.07) is 0. The van der Waals surface area contributed by atoms with Crippen LogP contribution in [-0.2, 0) is 92.3 Å². The van der Waals surface area contributed by atoms with Gasteiger partial charge in [0.25, 0.3) is 0 Å². The van der Waals surface area contributed by atoms with Crippen LogP contribution in [0.3, 0.4) is 0 Å². The Bertz CT molecular complexity index is 1550. The van der Waals surface area contributed by atoms with E-state index < -0.39 is 45.5 Å². The first-order chi connectivity index (χ1) is 25.7. The van der Waals surface area contributed by atoms with Crippen LogP contribution in [0, 0.1) is 21.7 Å². The van der Waals surface area contributed by atoms with Crippen molar-refractivity contribution in [1.29, 1.82) is 0 Å². The van der Waals surface area contributed by atoms with Crippen LogP contribution in [0.1, 0.15) is 79.4 Å². The minimum Gasteiger partial charge on any atom is -0.462 e. The van der Waals surface area contributed by atoms with Crippen LogP contribution in [0.4, 0.5) is 0 Å². The second kappa shape index (κ2) is 19.5. The van der Waals surface area contributed by atoms with E-state index in [2.05, 4.69) is 37.5 Å². The van der Waals surface area contributed by atoms with Gasteiger partial charge in [0.2, 0.25) is 0 Å². The lowest BCUT2D eigenvalue weighted by molar-refractivity contribution is -0.158. The lowest BCUT2D eigenvalue weighted by Gasteiger charge is -2.32. The zero-order valence-electron chi connectivity index (χ0n) is 33.1. The summed E-state index contributed by atoms with van der Waals surface area (Å²) in [6.07, 6.45) is 5.76. The van der Waals surface area contributed by atoms with Crippen molar-refractivity contribution in [2.24, 2.45) is 21.7 Å². The van der Waals surface area contributed by atoms with Gasteiger partial charge in [0, 0.05) is 6.08 Å². The Labute approximate surface area is 319 Å². The van der Waals surface area contributed by atoms with Gasteiger partial charge < -0.3 is 33.2 Å². The third-order valence-electron chi connectivity index (χ3n) is 7.24. The molecule has 3 heterocycles. The van der Waals surface area contributed by atoms with E-state index in [-0.39, 0.29) is 66.4 Å². The molecule has 3 aromatic rings. The summed E-state index contributed by atoms with van der Waals surface area (Å²) in [4.78, 5) is 48.7. The highest BCUT2D eigenvalue weighted by Crippen LogP contribution is 2.23. The van der Waals surface area contributed by atoms with Crippen LogP contribution in [0.5, 0.6) is 0 Å². The topological polar surface area (TPSA) is 225 Å². The monoisotopic (exact) mass is 775 g/mol. The molecule has 0 aliphatic heterocycles. The van der Waals surface area contributed by atoms with Crippen LogP contribution in [-0.4, -0.2) is 95.3 Å². The maximum atomic E-state index is 12.2. The molecule has 0 atom stereocenters. The Morgan fingerprint density at radius 1 is 0.545 bits per heavy atom. The molecule has 0 aromatic carbocycles. The van der Waals surface area contributed by atoms with Gasteiger partial charge in [0.05, 0.1) is 79.9 Å². The number of ether oxygens (including phenoxy) is 7. The summed E-state index contributed by atoms with van der Waals surface area (Å²) in [6.45, 7) is 18.5. The maximum absolute atomic E-state index is 12.2. The van der Waals surface area contributed by atoms with Crippen molar-refractivity contribution in [2.75, 3.05) is 26.4 Å². The standard InChI is InChI=1S/C35H53N9O11/c1-11-28(45)52-21-35(18-49-15-25-12-42(39-36-25)22-53-29(46)32(2,3)4,19-50-16-26-13-43(40-37-26)23-54-30(47)33(5,6)7)20-51-17-27-14-44(41-38-27)24-55-31(48)34(8,9)10/h11-14H,1,15-24H2,2-10H3. The zero-order chi connectivity index (χ0) is 40.9. The summed E-state index contributed by atoms with van der Waals surface area (Å²) in [7, 11) is 0. The summed E-state index contributed by atoms with van der Waals surface area (Å²) in [5.74, 6) is -1.84. The molecule has 0 amide bonds. The molecule has 3 rings (SSSR count). The highest BCUT2D eigenvalue weighted by Gasteiger charge is 2.35. The molecule has 0 spiro atoms. The molecular weight excluding hydrogens is 722 g/mol. The third kappa shape index (κ3) is 15.3. The normalized spacial score (nSPS) is 12.3. The lowest BCUT2D eigenvalue weighted by Crippen LogP contribution is -2.42. The number of carbonyl (C=O) groups is 4. The number of aromatic nitrogens is 9. The maximum Gasteiger partial charge on any atom is 0.330 e. The molecule has 0 fully saturated rings. The van der Waals surface area contributed by atoms with Gasteiger partial charge in [-0.05, 0) is 62.3 Å². The molecular formula is C35H53N9O11. The average molecular weight is 776 g/mol. The molecule has 0 unspecified atom stereocenters. The molecule has 304 valence electrons. The third-order valence-corrected chi connectivity index (χ3v) is 7.24. The predicted molar refractivity (Wildman–Crippen MR) is 189 cm³/mol. The molecule has 0 bridgehead atoms. The molecule has 0 aliphatic carbocycles. The molecule has 20 heteroatoms. The number of hydrogen-bond donors (Lipinski definition) is 0. The van der Waals surface area contributed by atoms with E-state index in [0.717, 1.165) is 6.08 Å². The van der Waals surface area contributed by atoms with E-state index in [1.807, 2.05) is 0 Å². The van der Waals surface area contributed by atoms with Crippen molar-refractivity contribution in [2.45, 2.75) is 102 Å². The predicted octanol–water partition coefficient (Wildman–Crippen LogP) is 2.77. The van der Waals surface area contributed by atoms with E-state index in [0.29, 0.717) is 17.1 Å². The summed E-state index contributed by atoms with van der Waals surface area (Å²) < 4.78 is 43.6. The summed E-state index contributed by atoms with van der Waals surface area (Å²) >= 11 is 0. The molecule has 3 aromatic heterocycles. The Balaban J connectivity index is 1.71. The van der Waals surface area contributed by atoms with E-state index in [4.69, 9.17) is 33.2 Å². The van der Waals surface area contributed by atoms with Crippen LogP contribution in [0.2, 0.25) is 0 Å². The fourth-order valence-corrected chi connectivity index (χ4v) is 4.08. The van der Waals surface area contributed by atoms with E-state index in [1.165, 1.54) is 14.0 Å². The Hall–Kier alpha value is -5.08. The van der Waals surface area contributed by atoms with E-state index in [1.54, 1.807) is 80.9 Å². The van der Waals surface area contributed by atoms with Crippen LogP contribution in [0.15, 0.2) is 31.2 Å².